The average molecular weight is 314 g/mol. The van der Waals surface area contributed by atoms with Crippen LogP contribution >= 0.6 is 0 Å². The Bertz CT molecular complexity index is 671. The molecular weight excluding hydrogens is 292 g/mol. The van der Waals surface area contributed by atoms with Crippen molar-refractivity contribution in [1.82, 2.24) is 19.0 Å². The van der Waals surface area contributed by atoms with Gasteiger partial charge in [0.25, 0.3) is 0 Å². The molecule has 4 heterocycles. The number of hydrogen-bond donors (Lipinski definition) is 0. The van der Waals surface area contributed by atoms with Gasteiger partial charge in [-0.3, -0.25) is 4.79 Å². The van der Waals surface area contributed by atoms with Gasteiger partial charge in [0.2, 0.25) is 5.91 Å². The minimum Gasteiger partial charge on any atom is -0.381 e. The lowest BCUT2D eigenvalue weighted by molar-refractivity contribution is -0.136. The Morgan fingerprint density at radius 1 is 1.30 bits per heavy atom. The van der Waals surface area contributed by atoms with Gasteiger partial charge in [-0.05, 0) is 25.0 Å². The van der Waals surface area contributed by atoms with Gasteiger partial charge in [0.05, 0.1) is 43.3 Å². The number of fused-ring (bicyclic) bond motifs is 1. The molecule has 122 valence electrons. The molecule has 2 aliphatic heterocycles. The van der Waals surface area contributed by atoms with E-state index in [9.17, 15) is 4.79 Å². The van der Waals surface area contributed by atoms with Gasteiger partial charge < -0.3 is 18.8 Å². The average Bonchev–Trinajstić information content (AvgIpc) is 3.29. The molecule has 0 aliphatic carbocycles. The van der Waals surface area contributed by atoms with E-state index in [-0.39, 0.29) is 11.8 Å². The zero-order valence-electron chi connectivity index (χ0n) is 13.2. The second-order valence-corrected chi connectivity index (χ2v) is 6.36. The van der Waals surface area contributed by atoms with E-state index in [2.05, 4.69) is 14.1 Å². The molecule has 1 atom stereocenters. The molecule has 1 amide bonds. The number of aromatic nitrogens is 3. The van der Waals surface area contributed by atoms with Gasteiger partial charge >= 0.3 is 0 Å². The molecule has 0 N–H and O–H groups in total. The molecule has 4 rings (SSSR count). The lowest BCUT2D eigenvalue weighted by Crippen LogP contribution is -2.36. The Balaban J connectivity index is 1.55. The maximum absolute atomic E-state index is 12.7. The number of ether oxygens (including phenoxy) is 1. The molecule has 23 heavy (non-hydrogen) atoms. The van der Waals surface area contributed by atoms with Crippen molar-refractivity contribution >= 4 is 5.91 Å². The summed E-state index contributed by atoms with van der Waals surface area (Å²) in [7, 11) is 0. The lowest BCUT2D eigenvalue weighted by atomic mass is 10.1. The fourth-order valence-corrected chi connectivity index (χ4v) is 3.47. The van der Waals surface area contributed by atoms with Crippen LogP contribution in [0.4, 0.5) is 0 Å². The molecule has 6 heteroatoms. The maximum Gasteiger partial charge on any atom is 0.228 e. The Morgan fingerprint density at radius 3 is 2.96 bits per heavy atom. The molecule has 2 aromatic heterocycles. The monoisotopic (exact) mass is 314 g/mol. The van der Waals surface area contributed by atoms with Gasteiger partial charge in [-0.25, -0.2) is 4.98 Å². The first-order valence-corrected chi connectivity index (χ1v) is 8.31. The maximum atomic E-state index is 12.7. The molecule has 1 fully saturated rings. The summed E-state index contributed by atoms with van der Waals surface area (Å²) in [6.45, 7) is 4.45. The molecule has 0 aromatic carbocycles. The van der Waals surface area contributed by atoms with E-state index in [1.165, 1.54) is 5.69 Å². The summed E-state index contributed by atoms with van der Waals surface area (Å²) in [6.07, 6.45) is 7.83. The van der Waals surface area contributed by atoms with E-state index in [0.717, 1.165) is 38.2 Å². The molecule has 0 bridgehead atoms. The first-order chi connectivity index (χ1) is 11.3. The van der Waals surface area contributed by atoms with Gasteiger partial charge in [0.1, 0.15) is 0 Å². The van der Waals surface area contributed by atoms with Crippen LogP contribution in [0.15, 0.2) is 30.9 Å². The fourth-order valence-electron chi connectivity index (χ4n) is 3.47. The van der Waals surface area contributed by atoms with Crippen LogP contribution in [0.25, 0.3) is 0 Å². The SMILES string of the molecule is O=C([C@H]1CCOC1)N1CCCn2cnc(Cn3cccc3)c2C1. The minimum atomic E-state index is 0.0392. The first-order valence-electron chi connectivity index (χ1n) is 8.31. The summed E-state index contributed by atoms with van der Waals surface area (Å²) in [5.41, 5.74) is 2.23. The van der Waals surface area contributed by atoms with Crippen LogP contribution in [0.3, 0.4) is 0 Å². The summed E-state index contributed by atoms with van der Waals surface area (Å²) in [5.74, 6) is 0.279. The second-order valence-electron chi connectivity index (χ2n) is 6.36. The van der Waals surface area contributed by atoms with Crippen molar-refractivity contribution in [1.29, 1.82) is 0 Å². The van der Waals surface area contributed by atoms with Crippen molar-refractivity contribution < 1.29 is 9.53 Å². The number of carbonyl (C=O) groups is 1. The molecule has 2 aliphatic rings. The van der Waals surface area contributed by atoms with Crippen molar-refractivity contribution in [3.63, 3.8) is 0 Å². The number of amides is 1. The second kappa shape index (κ2) is 6.20. The van der Waals surface area contributed by atoms with Crippen LogP contribution in [0, 0.1) is 5.92 Å². The lowest BCUT2D eigenvalue weighted by Gasteiger charge is -2.23. The molecule has 0 unspecified atom stereocenters. The quantitative estimate of drug-likeness (QED) is 0.863. The molecular formula is C17H22N4O2. The molecule has 2 aromatic rings. The van der Waals surface area contributed by atoms with Crippen molar-refractivity contribution in [2.45, 2.75) is 32.5 Å². The Hall–Kier alpha value is -2.08. The normalized spacial score (nSPS) is 21.2. The Kier molecular flexibility index (Phi) is 3.91. The van der Waals surface area contributed by atoms with Crippen molar-refractivity contribution in [2.24, 2.45) is 5.92 Å². The van der Waals surface area contributed by atoms with E-state index < -0.39 is 0 Å². The van der Waals surface area contributed by atoms with Crippen molar-refractivity contribution in [3.8, 4) is 0 Å². The number of rotatable bonds is 3. The third kappa shape index (κ3) is 2.91. The van der Waals surface area contributed by atoms with Gasteiger partial charge in [-0.2, -0.15) is 0 Å². The smallest absolute Gasteiger partial charge is 0.228 e. The molecule has 0 radical (unpaired) electrons. The highest BCUT2D eigenvalue weighted by atomic mass is 16.5. The van der Waals surface area contributed by atoms with Crippen molar-refractivity contribution in [2.75, 3.05) is 19.8 Å². The highest BCUT2D eigenvalue weighted by Gasteiger charge is 2.30. The van der Waals surface area contributed by atoms with E-state index in [1.807, 2.05) is 35.8 Å². The molecule has 6 nitrogen and oxygen atoms in total. The zero-order chi connectivity index (χ0) is 15.6. The minimum absolute atomic E-state index is 0.0392. The van der Waals surface area contributed by atoms with E-state index in [4.69, 9.17) is 4.74 Å². The van der Waals surface area contributed by atoms with Crippen molar-refractivity contribution in [3.05, 3.63) is 42.2 Å². The highest BCUT2D eigenvalue weighted by molar-refractivity contribution is 5.79. The van der Waals surface area contributed by atoms with Crippen LogP contribution in [-0.4, -0.2) is 44.7 Å². The summed E-state index contributed by atoms with van der Waals surface area (Å²) >= 11 is 0. The van der Waals surface area contributed by atoms with E-state index in [0.29, 0.717) is 19.8 Å². The van der Waals surface area contributed by atoms with Crippen LogP contribution in [0.5, 0.6) is 0 Å². The van der Waals surface area contributed by atoms with Crippen LogP contribution in [0.1, 0.15) is 24.2 Å². The first kappa shape index (κ1) is 14.5. The van der Waals surface area contributed by atoms with Gasteiger partial charge in [0.15, 0.2) is 0 Å². The summed E-state index contributed by atoms with van der Waals surface area (Å²) < 4.78 is 9.70. The third-order valence-electron chi connectivity index (χ3n) is 4.79. The number of carbonyl (C=O) groups excluding carboxylic acids is 1. The van der Waals surface area contributed by atoms with Gasteiger partial charge in [-0.1, -0.05) is 0 Å². The Morgan fingerprint density at radius 2 is 2.17 bits per heavy atom. The van der Waals surface area contributed by atoms with E-state index >= 15 is 0 Å². The molecule has 1 saturated heterocycles. The predicted molar refractivity (Wildman–Crippen MR) is 84.7 cm³/mol. The summed E-state index contributed by atoms with van der Waals surface area (Å²) in [4.78, 5) is 19.3. The standard InChI is InChI=1S/C17H22N4O2/c22-17(14-4-9-23-12-14)20-7-3-8-21-13-18-15(16(21)11-20)10-19-5-1-2-6-19/h1-2,5-6,13-14H,3-4,7-12H2/t14-/m0/s1. The zero-order valence-corrected chi connectivity index (χ0v) is 13.2. The number of nitrogens with zero attached hydrogens (tertiary/aromatic N) is 4. The van der Waals surface area contributed by atoms with Crippen LogP contribution < -0.4 is 0 Å². The Labute approximate surface area is 135 Å². The largest absolute Gasteiger partial charge is 0.381 e. The summed E-state index contributed by atoms with van der Waals surface area (Å²) in [6, 6.07) is 4.04. The topological polar surface area (TPSA) is 52.3 Å². The number of hydrogen-bond acceptors (Lipinski definition) is 3. The third-order valence-corrected chi connectivity index (χ3v) is 4.79. The number of imidazole rings is 1. The van der Waals surface area contributed by atoms with Crippen LogP contribution in [-0.2, 0) is 29.2 Å². The molecule has 0 spiro atoms. The van der Waals surface area contributed by atoms with Gasteiger partial charge in [-0.15, -0.1) is 0 Å². The highest BCUT2D eigenvalue weighted by Crippen LogP contribution is 2.22. The molecule has 0 saturated carbocycles. The fraction of sp³-hybridized carbons (Fsp3) is 0.529. The summed E-state index contributed by atoms with van der Waals surface area (Å²) in [5, 5.41) is 0. The van der Waals surface area contributed by atoms with E-state index in [1.54, 1.807) is 0 Å². The van der Waals surface area contributed by atoms with Crippen LogP contribution in [0.2, 0.25) is 0 Å². The predicted octanol–water partition coefficient (Wildman–Crippen LogP) is 1.50. The number of aryl methyl sites for hydroxylation is 1. The van der Waals surface area contributed by atoms with Gasteiger partial charge in [0, 0.05) is 32.1 Å².